The lowest BCUT2D eigenvalue weighted by Gasteiger charge is -2.16. The number of unbranched alkanes of at least 4 members (excludes halogenated alkanes) is 1. The second-order valence-corrected chi connectivity index (χ2v) is 4.50. The van der Waals surface area contributed by atoms with Crippen molar-refractivity contribution in [2.45, 2.75) is 26.7 Å². The molecule has 0 aliphatic rings. The zero-order chi connectivity index (χ0) is 16.4. The zero-order valence-corrected chi connectivity index (χ0v) is 12.9. The number of benzene rings is 1. The van der Waals surface area contributed by atoms with E-state index in [-0.39, 0.29) is 13.2 Å². The standard InChI is InChI=1S/C15H22N2O5/c1-3-5-9-22-17(20)13-8-6-7-12(10-13)15(19)16-11-14(18)21-4-2/h6-8,10,20H,3-5,9,11H2,1-2H3,(H,16,19). The molecular formula is C15H22N2O5. The summed E-state index contributed by atoms with van der Waals surface area (Å²) < 4.78 is 4.72. The van der Waals surface area contributed by atoms with Gasteiger partial charge in [-0.25, -0.2) is 4.84 Å². The summed E-state index contributed by atoms with van der Waals surface area (Å²) in [6.07, 6.45) is 1.76. The first-order valence-electron chi connectivity index (χ1n) is 7.24. The van der Waals surface area contributed by atoms with E-state index in [1.54, 1.807) is 25.1 Å². The third-order valence-electron chi connectivity index (χ3n) is 2.74. The van der Waals surface area contributed by atoms with Crippen LogP contribution in [0.4, 0.5) is 5.69 Å². The lowest BCUT2D eigenvalue weighted by atomic mass is 10.2. The number of esters is 1. The van der Waals surface area contributed by atoms with E-state index in [9.17, 15) is 14.8 Å². The van der Waals surface area contributed by atoms with Gasteiger partial charge >= 0.3 is 5.97 Å². The fourth-order valence-corrected chi connectivity index (χ4v) is 1.60. The predicted molar refractivity (Wildman–Crippen MR) is 80.5 cm³/mol. The minimum absolute atomic E-state index is 0.202. The lowest BCUT2D eigenvalue weighted by molar-refractivity contribution is -0.141. The molecule has 0 saturated heterocycles. The van der Waals surface area contributed by atoms with Gasteiger partial charge in [0.05, 0.1) is 18.9 Å². The molecule has 0 aromatic heterocycles. The Hall–Kier alpha value is -2.12. The number of hydrogen-bond donors (Lipinski definition) is 2. The maximum Gasteiger partial charge on any atom is 0.325 e. The van der Waals surface area contributed by atoms with Gasteiger partial charge in [-0.3, -0.25) is 14.8 Å². The van der Waals surface area contributed by atoms with E-state index in [1.807, 2.05) is 6.92 Å². The van der Waals surface area contributed by atoms with Crippen LogP contribution in [0.3, 0.4) is 0 Å². The topological polar surface area (TPSA) is 88.1 Å². The number of nitrogens with zero attached hydrogens (tertiary/aromatic N) is 1. The van der Waals surface area contributed by atoms with Crippen molar-refractivity contribution in [2.24, 2.45) is 0 Å². The second kappa shape index (κ2) is 9.75. The normalized spacial score (nSPS) is 10.1. The van der Waals surface area contributed by atoms with Gasteiger partial charge in [-0.1, -0.05) is 19.4 Å². The molecule has 1 aromatic rings. The molecule has 7 nitrogen and oxygen atoms in total. The lowest BCUT2D eigenvalue weighted by Crippen LogP contribution is -2.30. The Morgan fingerprint density at radius 3 is 2.77 bits per heavy atom. The minimum atomic E-state index is -0.501. The molecule has 0 unspecified atom stereocenters. The monoisotopic (exact) mass is 310 g/mol. The number of ether oxygens (including phenoxy) is 1. The Morgan fingerprint density at radius 1 is 1.32 bits per heavy atom. The van der Waals surface area contributed by atoms with Crippen molar-refractivity contribution in [1.29, 1.82) is 0 Å². The maximum atomic E-state index is 11.9. The number of carbonyl (C=O) groups excluding carboxylic acids is 2. The summed E-state index contributed by atoms with van der Waals surface area (Å²) in [5, 5.41) is 12.8. The molecule has 0 aliphatic carbocycles. The summed E-state index contributed by atoms with van der Waals surface area (Å²) in [6, 6.07) is 6.26. The van der Waals surface area contributed by atoms with Crippen LogP contribution in [0.2, 0.25) is 0 Å². The molecule has 122 valence electrons. The molecule has 0 heterocycles. The van der Waals surface area contributed by atoms with Crippen molar-refractivity contribution in [3.05, 3.63) is 29.8 Å². The van der Waals surface area contributed by atoms with Gasteiger partial charge in [-0.2, -0.15) is 0 Å². The number of hydrogen-bond acceptors (Lipinski definition) is 6. The molecule has 0 bridgehead atoms. The quantitative estimate of drug-likeness (QED) is 0.411. The van der Waals surface area contributed by atoms with Gasteiger partial charge in [-0.05, 0) is 31.5 Å². The molecule has 2 N–H and O–H groups in total. The highest BCUT2D eigenvalue weighted by molar-refractivity contribution is 5.96. The van der Waals surface area contributed by atoms with E-state index in [1.165, 1.54) is 6.07 Å². The average Bonchev–Trinajstić information content (AvgIpc) is 2.53. The van der Waals surface area contributed by atoms with Crippen LogP contribution in [-0.4, -0.2) is 36.8 Å². The first kappa shape index (κ1) is 17.9. The molecule has 0 aliphatic heterocycles. The number of anilines is 1. The minimum Gasteiger partial charge on any atom is -0.465 e. The van der Waals surface area contributed by atoms with E-state index in [2.05, 4.69) is 5.32 Å². The SMILES string of the molecule is CCCCON(O)c1cccc(C(=O)NCC(=O)OCC)c1. The molecule has 1 rings (SSSR count). The van der Waals surface area contributed by atoms with Gasteiger partial charge in [0.15, 0.2) is 0 Å². The van der Waals surface area contributed by atoms with E-state index < -0.39 is 11.9 Å². The average molecular weight is 310 g/mol. The summed E-state index contributed by atoms with van der Waals surface area (Å²) in [4.78, 5) is 28.2. The number of rotatable bonds is 9. The van der Waals surface area contributed by atoms with Gasteiger partial charge < -0.3 is 10.1 Å². The van der Waals surface area contributed by atoms with Gasteiger partial charge in [0.1, 0.15) is 6.54 Å². The summed E-state index contributed by atoms with van der Waals surface area (Å²) in [7, 11) is 0. The van der Waals surface area contributed by atoms with E-state index >= 15 is 0 Å². The van der Waals surface area contributed by atoms with Crippen LogP contribution in [0.1, 0.15) is 37.0 Å². The van der Waals surface area contributed by atoms with Crippen molar-refractivity contribution in [2.75, 3.05) is 25.0 Å². The summed E-state index contributed by atoms with van der Waals surface area (Å²) in [5.41, 5.74) is 0.639. The molecule has 1 amide bonds. The largest absolute Gasteiger partial charge is 0.465 e. The number of carbonyl (C=O) groups is 2. The Morgan fingerprint density at radius 2 is 2.09 bits per heavy atom. The molecule has 22 heavy (non-hydrogen) atoms. The van der Waals surface area contributed by atoms with Crippen LogP contribution >= 0.6 is 0 Å². The fourth-order valence-electron chi connectivity index (χ4n) is 1.60. The molecule has 0 atom stereocenters. The number of amides is 1. The van der Waals surface area contributed by atoms with E-state index in [0.29, 0.717) is 23.1 Å². The van der Waals surface area contributed by atoms with Crippen LogP contribution < -0.4 is 10.5 Å². The highest BCUT2D eigenvalue weighted by atomic mass is 16.9. The molecule has 0 saturated carbocycles. The Labute approximate surface area is 129 Å². The van der Waals surface area contributed by atoms with Crippen LogP contribution in [0.25, 0.3) is 0 Å². The molecule has 0 radical (unpaired) electrons. The maximum absolute atomic E-state index is 11.9. The van der Waals surface area contributed by atoms with Crippen molar-refractivity contribution >= 4 is 17.6 Å². The Balaban J connectivity index is 2.58. The molecule has 7 heteroatoms. The first-order valence-corrected chi connectivity index (χ1v) is 7.24. The molecule has 0 spiro atoms. The van der Waals surface area contributed by atoms with Crippen LogP contribution in [-0.2, 0) is 14.4 Å². The summed E-state index contributed by atoms with van der Waals surface area (Å²) >= 11 is 0. The summed E-state index contributed by atoms with van der Waals surface area (Å²) in [5.74, 6) is -0.935. The zero-order valence-electron chi connectivity index (χ0n) is 12.9. The summed E-state index contributed by atoms with van der Waals surface area (Å²) in [6.45, 7) is 4.15. The van der Waals surface area contributed by atoms with Gasteiger partial charge in [-0.15, -0.1) is 5.23 Å². The van der Waals surface area contributed by atoms with Gasteiger partial charge in [0.25, 0.3) is 5.91 Å². The van der Waals surface area contributed by atoms with Crippen molar-refractivity contribution < 1.29 is 24.4 Å². The highest BCUT2D eigenvalue weighted by Crippen LogP contribution is 2.15. The second-order valence-electron chi connectivity index (χ2n) is 4.50. The Bertz CT molecular complexity index is 493. The van der Waals surface area contributed by atoms with Crippen LogP contribution in [0.15, 0.2) is 24.3 Å². The molecular weight excluding hydrogens is 288 g/mol. The van der Waals surface area contributed by atoms with Crippen LogP contribution in [0, 0.1) is 0 Å². The van der Waals surface area contributed by atoms with Crippen molar-refractivity contribution in [3.8, 4) is 0 Å². The smallest absolute Gasteiger partial charge is 0.325 e. The van der Waals surface area contributed by atoms with E-state index in [0.717, 1.165) is 12.8 Å². The molecule has 0 fully saturated rings. The first-order chi connectivity index (χ1) is 10.6. The third-order valence-corrected chi connectivity index (χ3v) is 2.74. The van der Waals surface area contributed by atoms with Gasteiger partial charge in [0.2, 0.25) is 0 Å². The van der Waals surface area contributed by atoms with E-state index in [4.69, 9.17) is 9.57 Å². The third kappa shape index (κ3) is 6.11. The van der Waals surface area contributed by atoms with Gasteiger partial charge in [0, 0.05) is 5.56 Å². The molecule has 1 aromatic carbocycles. The van der Waals surface area contributed by atoms with Crippen molar-refractivity contribution in [1.82, 2.24) is 5.32 Å². The predicted octanol–water partition coefficient (Wildman–Crippen LogP) is 1.91. The Kier molecular flexibility index (Phi) is 7.95. The highest BCUT2D eigenvalue weighted by Gasteiger charge is 2.11. The fraction of sp³-hybridized carbons (Fsp3) is 0.467. The van der Waals surface area contributed by atoms with Crippen molar-refractivity contribution in [3.63, 3.8) is 0 Å². The number of nitrogens with one attached hydrogen (secondary N) is 1. The van der Waals surface area contributed by atoms with Crippen LogP contribution in [0.5, 0.6) is 0 Å².